The number of aliphatic hydroxyl groups excluding tert-OH is 2. The van der Waals surface area contributed by atoms with Crippen molar-refractivity contribution in [3.63, 3.8) is 0 Å². The fraction of sp³-hybridized carbons (Fsp3) is 0.875. The number of nitrogens with two attached hydrogens (primary N) is 1. The third-order valence-corrected chi connectivity index (χ3v) is 2.30. The minimum atomic E-state index is -1.28. The molecular weight excluding hydrogens is 158 g/mol. The van der Waals surface area contributed by atoms with Crippen LogP contribution in [0, 0.1) is 0 Å². The van der Waals surface area contributed by atoms with E-state index in [0.717, 1.165) is 12.8 Å². The van der Waals surface area contributed by atoms with Gasteiger partial charge in [0.2, 0.25) is 0 Å². The van der Waals surface area contributed by atoms with E-state index in [0.29, 0.717) is 12.8 Å². The molecule has 0 saturated heterocycles. The largest absolute Gasteiger partial charge is 0.388 e. The molecule has 0 aliphatic heterocycles. The lowest BCUT2D eigenvalue weighted by Crippen LogP contribution is -2.47. The van der Waals surface area contributed by atoms with Gasteiger partial charge in [-0.15, -0.1) is 0 Å². The van der Waals surface area contributed by atoms with Gasteiger partial charge in [-0.1, -0.05) is 6.42 Å². The van der Waals surface area contributed by atoms with Gasteiger partial charge < -0.3 is 15.9 Å². The summed E-state index contributed by atoms with van der Waals surface area (Å²) in [5.74, 6) is -0.294. The molecule has 4 heteroatoms. The molecule has 1 aliphatic rings. The van der Waals surface area contributed by atoms with Crippen LogP contribution in [-0.2, 0) is 4.79 Å². The number of hydrogen-bond acceptors (Lipinski definition) is 4. The van der Waals surface area contributed by atoms with Crippen molar-refractivity contribution in [1.82, 2.24) is 0 Å². The van der Waals surface area contributed by atoms with Crippen LogP contribution < -0.4 is 5.73 Å². The second-order valence-electron chi connectivity index (χ2n) is 3.31. The van der Waals surface area contributed by atoms with Crippen molar-refractivity contribution in [3.8, 4) is 0 Å². The summed E-state index contributed by atoms with van der Waals surface area (Å²) >= 11 is 0. The first-order chi connectivity index (χ1) is 5.63. The highest BCUT2D eigenvalue weighted by Crippen LogP contribution is 2.14. The highest BCUT2D eigenvalue weighted by Gasteiger charge is 2.30. The molecule has 1 aliphatic carbocycles. The lowest BCUT2D eigenvalue weighted by molar-refractivity contribution is -0.134. The first-order valence-electron chi connectivity index (χ1n) is 4.27. The van der Waals surface area contributed by atoms with Gasteiger partial charge in [0.15, 0.2) is 5.78 Å². The van der Waals surface area contributed by atoms with Gasteiger partial charge in [-0.3, -0.25) is 4.79 Å². The summed E-state index contributed by atoms with van der Waals surface area (Å²) in [6.45, 7) is 0. The SMILES string of the molecule is N[C@H]1CCCCC(=O)[C@@H](O)[C@H]1O. The molecule has 4 N–H and O–H groups in total. The molecule has 0 aromatic carbocycles. The Morgan fingerprint density at radius 1 is 1.33 bits per heavy atom. The Kier molecular flexibility index (Phi) is 3.20. The minimum absolute atomic E-state index is 0.294. The standard InChI is InChI=1S/C8H15NO3/c9-5-3-1-2-4-6(10)8(12)7(5)11/h5,7-8,11-12H,1-4,9H2/t5-,7-,8+/m0/s1. The van der Waals surface area contributed by atoms with Gasteiger partial charge in [0, 0.05) is 12.5 Å². The molecule has 3 atom stereocenters. The van der Waals surface area contributed by atoms with E-state index < -0.39 is 18.2 Å². The highest BCUT2D eigenvalue weighted by atomic mass is 16.3. The first-order valence-corrected chi connectivity index (χ1v) is 4.27. The molecule has 0 bridgehead atoms. The van der Waals surface area contributed by atoms with Gasteiger partial charge in [-0.05, 0) is 12.8 Å². The van der Waals surface area contributed by atoms with Gasteiger partial charge in [-0.25, -0.2) is 0 Å². The Labute approximate surface area is 71.4 Å². The zero-order chi connectivity index (χ0) is 9.14. The Morgan fingerprint density at radius 3 is 2.67 bits per heavy atom. The summed E-state index contributed by atoms with van der Waals surface area (Å²) in [6.07, 6.45) is 0.266. The maximum absolute atomic E-state index is 11.1. The minimum Gasteiger partial charge on any atom is -0.388 e. The molecule has 70 valence electrons. The molecule has 0 unspecified atom stereocenters. The van der Waals surface area contributed by atoms with Crippen LogP contribution >= 0.6 is 0 Å². The summed E-state index contributed by atoms with van der Waals surface area (Å²) in [4.78, 5) is 11.1. The van der Waals surface area contributed by atoms with Crippen LogP contribution in [-0.4, -0.2) is 34.2 Å². The number of Topliss-reactive ketones (excluding diaryl/α,β-unsaturated/α-hetero) is 1. The first kappa shape index (κ1) is 9.64. The zero-order valence-corrected chi connectivity index (χ0v) is 6.94. The number of ketones is 1. The Balaban J connectivity index is 2.61. The molecule has 0 spiro atoms. The fourth-order valence-corrected chi connectivity index (χ4v) is 1.42. The van der Waals surface area contributed by atoms with E-state index in [-0.39, 0.29) is 5.78 Å². The van der Waals surface area contributed by atoms with Gasteiger partial charge >= 0.3 is 0 Å². The summed E-state index contributed by atoms with van der Waals surface area (Å²) in [5, 5.41) is 18.6. The topological polar surface area (TPSA) is 83.6 Å². The second kappa shape index (κ2) is 3.98. The molecule has 1 saturated carbocycles. The average Bonchev–Trinajstić information content (AvgIpc) is 2.07. The monoisotopic (exact) mass is 173 g/mol. The van der Waals surface area contributed by atoms with E-state index in [4.69, 9.17) is 5.73 Å². The Morgan fingerprint density at radius 2 is 2.00 bits per heavy atom. The maximum Gasteiger partial charge on any atom is 0.164 e. The maximum atomic E-state index is 11.1. The third kappa shape index (κ3) is 2.03. The van der Waals surface area contributed by atoms with E-state index in [1.54, 1.807) is 0 Å². The predicted octanol–water partition coefficient (Wildman–Crippen LogP) is -0.821. The molecule has 0 aromatic heterocycles. The van der Waals surface area contributed by atoms with Crippen molar-refractivity contribution >= 4 is 5.78 Å². The van der Waals surface area contributed by atoms with Gasteiger partial charge in [0.1, 0.15) is 12.2 Å². The molecule has 1 fully saturated rings. The van der Waals surface area contributed by atoms with Crippen molar-refractivity contribution in [2.24, 2.45) is 5.73 Å². The number of aliphatic hydroxyl groups is 2. The summed E-state index contributed by atoms with van der Waals surface area (Å²) < 4.78 is 0. The lowest BCUT2D eigenvalue weighted by Gasteiger charge is -2.25. The molecule has 4 nitrogen and oxygen atoms in total. The van der Waals surface area contributed by atoms with Gasteiger partial charge in [0.25, 0.3) is 0 Å². The quantitative estimate of drug-likeness (QED) is 0.447. The summed E-state index contributed by atoms with van der Waals surface area (Å²) in [7, 11) is 0. The van der Waals surface area contributed by atoms with Crippen LogP contribution in [0.25, 0.3) is 0 Å². The van der Waals surface area contributed by atoms with E-state index >= 15 is 0 Å². The van der Waals surface area contributed by atoms with Gasteiger partial charge in [0.05, 0.1) is 0 Å². The van der Waals surface area contributed by atoms with Gasteiger partial charge in [-0.2, -0.15) is 0 Å². The number of carbonyl (C=O) groups excluding carboxylic acids is 1. The van der Waals surface area contributed by atoms with Crippen LogP contribution in [0.4, 0.5) is 0 Å². The smallest absolute Gasteiger partial charge is 0.164 e. The molecule has 0 aromatic rings. The average molecular weight is 173 g/mol. The summed E-state index contributed by atoms with van der Waals surface area (Å²) in [5.41, 5.74) is 5.54. The van der Waals surface area contributed by atoms with Crippen LogP contribution in [0.5, 0.6) is 0 Å². The van der Waals surface area contributed by atoms with Crippen molar-refractivity contribution < 1.29 is 15.0 Å². The second-order valence-corrected chi connectivity index (χ2v) is 3.31. The lowest BCUT2D eigenvalue weighted by atomic mass is 9.92. The molecule has 0 radical (unpaired) electrons. The number of carbonyl (C=O) groups is 1. The van der Waals surface area contributed by atoms with E-state index in [9.17, 15) is 15.0 Å². The Hall–Kier alpha value is -0.450. The highest BCUT2D eigenvalue weighted by molar-refractivity contribution is 5.83. The molecule has 0 amide bonds. The van der Waals surface area contributed by atoms with Crippen molar-refractivity contribution in [2.75, 3.05) is 0 Å². The Bertz CT molecular complexity index is 172. The molecule has 12 heavy (non-hydrogen) atoms. The third-order valence-electron chi connectivity index (χ3n) is 2.30. The molecule has 1 rings (SSSR count). The normalized spacial score (nSPS) is 38.9. The van der Waals surface area contributed by atoms with Crippen LogP contribution in [0.15, 0.2) is 0 Å². The predicted molar refractivity (Wildman–Crippen MR) is 43.5 cm³/mol. The van der Waals surface area contributed by atoms with Crippen LogP contribution in [0.1, 0.15) is 25.7 Å². The number of hydrogen-bond donors (Lipinski definition) is 3. The zero-order valence-electron chi connectivity index (χ0n) is 6.94. The molecule has 0 heterocycles. The fourth-order valence-electron chi connectivity index (χ4n) is 1.42. The van der Waals surface area contributed by atoms with E-state index in [1.165, 1.54) is 0 Å². The van der Waals surface area contributed by atoms with Crippen molar-refractivity contribution in [3.05, 3.63) is 0 Å². The van der Waals surface area contributed by atoms with E-state index in [2.05, 4.69) is 0 Å². The molecular formula is C8H15NO3. The van der Waals surface area contributed by atoms with E-state index in [1.807, 2.05) is 0 Å². The number of rotatable bonds is 0. The van der Waals surface area contributed by atoms with Crippen LogP contribution in [0.3, 0.4) is 0 Å². The summed E-state index contributed by atoms with van der Waals surface area (Å²) in [6, 6.07) is -0.468. The van der Waals surface area contributed by atoms with Crippen molar-refractivity contribution in [1.29, 1.82) is 0 Å². The van der Waals surface area contributed by atoms with Crippen molar-refractivity contribution in [2.45, 2.75) is 43.9 Å². The van der Waals surface area contributed by atoms with Crippen LogP contribution in [0.2, 0.25) is 0 Å².